The van der Waals surface area contributed by atoms with Crippen molar-refractivity contribution in [2.24, 2.45) is 5.92 Å². The molecule has 1 saturated heterocycles. The Morgan fingerprint density at radius 2 is 1.84 bits per heavy atom. The lowest BCUT2D eigenvalue weighted by atomic mass is 9.90. The Labute approximate surface area is 120 Å². The molecule has 0 radical (unpaired) electrons. The summed E-state index contributed by atoms with van der Waals surface area (Å²) < 4.78 is 0. The maximum Gasteiger partial charge on any atom is 0.0558 e. The van der Waals surface area contributed by atoms with Gasteiger partial charge >= 0.3 is 0 Å². The smallest absolute Gasteiger partial charge is 0.0558 e. The Bertz CT molecular complexity index is 199. The van der Waals surface area contributed by atoms with Gasteiger partial charge in [0.1, 0.15) is 0 Å². The highest BCUT2D eigenvalue weighted by atomic mass is 16.3. The van der Waals surface area contributed by atoms with Crippen LogP contribution in [0.25, 0.3) is 0 Å². The fraction of sp³-hybridized carbons (Fsp3) is 1.00. The second-order valence-electron chi connectivity index (χ2n) is 6.28. The van der Waals surface area contributed by atoms with Gasteiger partial charge in [0, 0.05) is 12.6 Å². The van der Waals surface area contributed by atoms with Crippen molar-refractivity contribution in [1.82, 2.24) is 4.90 Å². The summed E-state index contributed by atoms with van der Waals surface area (Å²) in [5, 5.41) is 9.15. The molecule has 0 aliphatic carbocycles. The molecule has 0 amide bonds. The minimum absolute atomic E-state index is 0.324. The van der Waals surface area contributed by atoms with E-state index in [-0.39, 0.29) is 0 Å². The lowest BCUT2D eigenvalue weighted by Crippen LogP contribution is -2.41. The summed E-state index contributed by atoms with van der Waals surface area (Å²) in [7, 11) is 0. The monoisotopic (exact) mass is 269 g/mol. The van der Waals surface area contributed by atoms with Gasteiger partial charge in [-0.3, -0.25) is 4.90 Å². The van der Waals surface area contributed by atoms with Gasteiger partial charge in [-0.15, -0.1) is 0 Å². The lowest BCUT2D eigenvalue weighted by Gasteiger charge is -2.35. The van der Waals surface area contributed by atoms with Gasteiger partial charge in [-0.25, -0.2) is 0 Å². The lowest BCUT2D eigenvalue weighted by molar-refractivity contribution is 0.108. The predicted octanol–water partition coefficient (Wildman–Crippen LogP) is 4.22. The van der Waals surface area contributed by atoms with Crippen molar-refractivity contribution >= 4 is 0 Å². The fourth-order valence-corrected chi connectivity index (χ4v) is 3.70. The Kier molecular flexibility index (Phi) is 9.54. The van der Waals surface area contributed by atoms with Gasteiger partial charge in [-0.1, -0.05) is 58.8 Å². The van der Waals surface area contributed by atoms with Crippen LogP contribution in [0.15, 0.2) is 0 Å². The minimum Gasteiger partial charge on any atom is -0.395 e. The summed E-state index contributed by atoms with van der Waals surface area (Å²) in [4.78, 5) is 2.53. The van der Waals surface area contributed by atoms with Crippen LogP contribution in [0.1, 0.15) is 78.1 Å². The van der Waals surface area contributed by atoms with E-state index in [1.165, 1.54) is 70.8 Å². The molecule has 1 fully saturated rings. The molecular formula is C17H35NO. The van der Waals surface area contributed by atoms with Crippen molar-refractivity contribution in [3.05, 3.63) is 0 Å². The number of likely N-dealkylation sites (tertiary alicyclic amines) is 1. The third-order valence-electron chi connectivity index (χ3n) is 4.68. The topological polar surface area (TPSA) is 23.5 Å². The summed E-state index contributed by atoms with van der Waals surface area (Å²) >= 11 is 0. The van der Waals surface area contributed by atoms with Crippen LogP contribution in [0.3, 0.4) is 0 Å². The van der Waals surface area contributed by atoms with Gasteiger partial charge in [-0.2, -0.15) is 0 Å². The fourth-order valence-electron chi connectivity index (χ4n) is 3.70. The number of β-amino-alcohol motifs (C(OH)–C–C–N with tert-alkyl or cyclic N) is 1. The van der Waals surface area contributed by atoms with Gasteiger partial charge < -0.3 is 5.11 Å². The Morgan fingerprint density at radius 3 is 2.47 bits per heavy atom. The Morgan fingerprint density at radius 1 is 1.11 bits per heavy atom. The molecule has 1 N–H and O–H groups in total. The first-order valence-corrected chi connectivity index (χ1v) is 8.66. The molecule has 1 aliphatic rings. The number of hydrogen-bond donors (Lipinski definition) is 1. The van der Waals surface area contributed by atoms with Gasteiger partial charge in [0.05, 0.1) is 6.61 Å². The number of nitrogens with zero attached hydrogens (tertiary/aromatic N) is 1. The normalized spacial score (nSPS) is 21.2. The molecule has 1 rings (SSSR count). The first kappa shape index (κ1) is 17.0. The Balaban J connectivity index is 2.24. The summed E-state index contributed by atoms with van der Waals surface area (Å²) in [5.41, 5.74) is 0. The summed E-state index contributed by atoms with van der Waals surface area (Å²) in [6.07, 6.45) is 13.7. The Hall–Kier alpha value is -0.0800. The molecule has 1 atom stereocenters. The standard InChI is InChI=1S/C17H35NO/c1-3-8-16(9-4-2)10-7-12-17-11-5-6-13-18(17)14-15-19/h16-17,19H,3-15H2,1-2H3. The molecule has 114 valence electrons. The number of hydrogen-bond acceptors (Lipinski definition) is 2. The number of aliphatic hydroxyl groups excluding tert-OH is 1. The van der Waals surface area contributed by atoms with Gasteiger partial charge in [0.15, 0.2) is 0 Å². The van der Waals surface area contributed by atoms with Gasteiger partial charge in [0.2, 0.25) is 0 Å². The number of rotatable bonds is 10. The minimum atomic E-state index is 0.324. The van der Waals surface area contributed by atoms with Crippen molar-refractivity contribution in [2.75, 3.05) is 19.7 Å². The third-order valence-corrected chi connectivity index (χ3v) is 4.68. The van der Waals surface area contributed by atoms with Gasteiger partial charge in [-0.05, 0) is 31.7 Å². The molecule has 2 nitrogen and oxygen atoms in total. The molecule has 19 heavy (non-hydrogen) atoms. The van der Waals surface area contributed by atoms with Crippen LogP contribution in [-0.2, 0) is 0 Å². The van der Waals surface area contributed by atoms with E-state index < -0.39 is 0 Å². The van der Waals surface area contributed by atoms with Gasteiger partial charge in [0.25, 0.3) is 0 Å². The van der Waals surface area contributed by atoms with Crippen LogP contribution in [0.2, 0.25) is 0 Å². The molecule has 0 aromatic rings. The molecule has 0 bridgehead atoms. The van der Waals surface area contributed by atoms with Crippen LogP contribution < -0.4 is 0 Å². The van der Waals surface area contributed by atoms with E-state index in [4.69, 9.17) is 5.11 Å². The molecule has 2 heteroatoms. The maximum absolute atomic E-state index is 9.15. The van der Waals surface area contributed by atoms with E-state index in [1.807, 2.05) is 0 Å². The highest BCUT2D eigenvalue weighted by Gasteiger charge is 2.21. The van der Waals surface area contributed by atoms with E-state index >= 15 is 0 Å². The second kappa shape index (κ2) is 10.7. The number of piperidine rings is 1. The van der Waals surface area contributed by atoms with Crippen molar-refractivity contribution in [1.29, 1.82) is 0 Å². The summed E-state index contributed by atoms with van der Waals surface area (Å²) in [5.74, 6) is 0.963. The zero-order chi connectivity index (χ0) is 13.9. The zero-order valence-electron chi connectivity index (χ0n) is 13.2. The molecule has 0 aromatic carbocycles. The average molecular weight is 269 g/mol. The molecular weight excluding hydrogens is 234 g/mol. The largest absolute Gasteiger partial charge is 0.395 e. The van der Waals surface area contributed by atoms with Crippen LogP contribution in [0.4, 0.5) is 0 Å². The summed E-state index contributed by atoms with van der Waals surface area (Å²) in [6, 6.07) is 0.754. The van der Waals surface area contributed by atoms with E-state index in [0.29, 0.717) is 6.61 Å². The van der Waals surface area contributed by atoms with Crippen molar-refractivity contribution in [3.63, 3.8) is 0 Å². The van der Waals surface area contributed by atoms with E-state index in [0.717, 1.165) is 18.5 Å². The first-order valence-electron chi connectivity index (χ1n) is 8.66. The molecule has 0 spiro atoms. The van der Waals surface area contributed by atoms with E-state index in [2.05, 4.69) is 18.7 Å². The molecule has 0 aromatic heterocycles. The van der Waals surface area contributed by atoms with Crippen LogP contribution in [0, 0.1) is 5.92 Å². The van der Waals surface area contributed by atoms with Crippen molar-refractivity contribution < 1.29 is 5.11 Å². The quantitative estimate of drug-likeness (QED) is 0.642. The molecule has 1 heterocycles. The molecule has 1 aliphatic heterocycles. The average Bonchev–Trinajstić information content (AvgIpc) is 2.41. The zero-order valence-corrected chi connectivity index (χ0v) is 13.2. The highest BCUT2D eigenvalue weighted by molar-refractivity contribution is 4.77. The molecule has 0 saturated carbocycles. The number of aliphatic hydroxyl groups is 1. The maximum atomic E-state index is 9.15. The SMILES string of the molecule is CCCC(CCC)CCCC1CCCCN1CCO. The van der Waals surface area contributed by atoms with Crippen molar-refractivity contribution in [3.8, 4) is 0 Å². The first-order chi connectivity index (χ1) is 9.31. The van der Waals surface area contributed by atoms with E-state index in [1.54, 1.807) is 0 Å². The van der Waals surface area contributed by atoms with Crippen LogP contribution in [-0.4, -0.2) is 35.7 Å². The van der Waals surface area contributed by atoms with E-state index in [9.17, 15) is 0 Å². The van der Waals surface area contributed by atoms with Crippen LogP contribution >= 0.6 is 0 Å². The van der Waals surface area contributed by atoms with Crippen molar-refractivity contribution in [2.45, 2.75) is 84.1 Å². The highest BCUT2D eigenvalue weighted by Crippen LogP contribution is 2.25. The predicted molar refractivity (Wildman–Crippen MR) is 83.5 cm³/mol. The second-order valence-corrected chi connectivity index (χ2v) is 6.28. The third kappa shape index (κ3) is 6.76. The summed E-state index contributed by atoms with van der Waals surface area (Å²) in [6.45, 7) is 7.04. The molecule has 1 unspecified atom stereocenters. The van der Waals surface area contributed by atoms with Crippen LogP contribution in [0.5, 0.6) is 0 Å².